The zero-order valence-electron chi connectivity index (χ0n) is 9.80. The Kier molecular flexibility index (Phi) is 4.53. The minimum absolute atomic E-state index is 0.251. The fourth-order valence-electron chi connectivity index (χ4n) is 1.86. The van der Waals surface area contributed by atoms with E-state index in [0.717, 1.165) is 0 Å². The molecule has 0 aliphatic carbocycles. The van der Waals surface area contributed by atoms with Gasteiger partial charge >= 0.3 is 121 Å². The molecule has 132 valence electrons. The van der Waals surface area contributed by atoms with Crippen LogP contribution in [-0.2, 0) is 5.63 Å². The minimum atomic E-state index is -7.07. The summed E-state index contributed by atoms with van der Waals surface area (Å²) in [4.78, 5) is 0. The number of alkyl halides is 12. The van der Waals surface area contributed by atoms with Gasteiger partial charge in [0.05, 0.1) is 0 Å². The van der Waals surface area contributed by atoms with E-state index < -0.39 is 58.5 Å². The molecule has 1 fully saturated rings. The van der Waals surface area contributed by atoms with Gasteiger partial charge in [0.15, 0.2) is 0 Å². The van der Waals surface area contributed by atoms with Crippen molar-refractivity contribution in [1.29, 1.82) is 0 Å². The van der Waals surface area contributed by atoms with E-state index in [9.17, 15) is 52.7 Å². The van der Waals surface area contributed by atoms with Crippen LogP contribution in [-0.4, -0.2) is 58.5 Å². The van der Waals surface area contributed by atoms with Crippen LogP contribution in [0.2, 0.25) is 4.63 Å². The Bertz CT molecular complexity index is 363. The summed E-state index contributed by atoms with van der Waals surface area (Å²) in [7, 11) is 0. The van der Waals surface area contributed by atoms with Gasteiger partial charge < -0.3 is 0 Å². The van der Waals surface area contributed by atoms with Crippen molar-refractivity contribution in [2.75, 3.05) is 0 Å². The molecule has 0 radical (unpaired) electrons. The monoisotopic (exact) mass is 556 g/mol. The Hall–Kier alpha value is -0.0369. The van der Waals surface area contributed by atoms with Crippen LogP contribution in [0.1, 0.15) is 0 Å². The fourth-order valence-corrected chi connectivity index (χ4v) is 7.61. The molecule has 22 heavy (non-hydrogen) atoms. The molecule has 1 rings (SSSR count). The summed E-state index contributed by atoms with van der Waals surface area (Å²) >= 11 is -5.28. The summed E-state index contributed by atoms with van der Waals surface area (Å²) < 4.78 is 160. The number of rotatable bonds is 0. The van der Waals surface area contributed by atoms with Crippen LogP contribution in [0.3, 0.4) is 0 Å². The molecule has 0 aromatic rings. The molecule has 1 aliphatic rings. The van der Waals surface area contributed by atoms with Crippen molar-refractivity contribution in [3.05, 3.63) is 0 Å². The Morgan fingerprint density at radius 2 is 0.727 bits per heavy atom. The normalized spacial score (nSPS) is 23.9. The van der Waals surface area contributed by atoms with E-state index in [-0.39, 0.29) is 4.63 Å². The van der Waals surface area contributed by atoms with E-state index in [0.29, 0.717) is 0 Å². The van der Waals surface area contributed by atoms with Gasteiger partial charge in [-0.3, -0.25) is 0 Å². The van der Waals surface area contributed by atoms with Gasteiger partial charge in [-0.15, -0.1) is 0 Å². The van der Waals surface area contributed by atoms with Gasteiger partial charge in [0.25, 0.3) is 0 Å². The van der Waals surface area contributed by atoms with Crippen molar-refractivity contribution < 1.29 is 58.3 Å². The molecule has 0 aromatic carbocycles. The van der Waals surface area contributed by atoms with E-state index in [1.54, 1.807) is 0 Å². The molecule has 0 bridgehead atoms. The molecule has 0 saturated carbocycles. The van der Waals surface area contributed by atoms with Crippen molar-refractivity contribution in [2.24, 2.45) is 0 Å². The van der Waals surface area contributed by atoms with Gasteiger partial charge in [-0.2, -0.15) is 0 Å². The first-order valence-electron chi connectivity index (χ1n) is 4.74. The predicted molar refractivity (Wildman–Crippen MR) is 43.5 cm³/mol. The summed E-state index contributed by atoms with van der Waals surface area (Å²) in [5.41, 5.74) is -13.1. The van der Waals surface area contributed by atoms with Crippen molar-refractivity contribution in [2.45, 2.75) is 40.5 Å². The molecule has 0 N–H and O–H groups in total. The average molecular weight is 556 g/mol. The van der Waals surface area contributed by atoms with Gasteiger partial charge in [-0.25, -0.2) is 0 Å². The summed E-state index contributed by atoms with van der Waals surface area (Å²) in [6.07, 6.45) is -28.3. The average Bonchev–Trinajstić information content (AvgIpc) is 2.49. The molecule has 0 amide bonds. The SMILES string of the molecule is [CH3][Bi]1[O]C(C(F)(F)F)(C(F)(F)F)C(C(F)(F)F)(C(F)(F)F)[O]1. The van der Waals surface area contributed by atoms with Gasteiger partial charge in [0, 0.05) is 0 Å². The Morgan fingerprint density at radius 1 is 0.545 bits per heavy atom. The second kappa shape index (κ2) is 4.98. The summed E-state index contributed by atoms with van der Waals surface area (Å²) in [6.45, 7) is 0. The molecule has 0 atom stereocenters. The second-order valence-electron chi connectivity index (χ2n) is 3.98. The Balaban J connectivity index is 3.95. The van der Waals surface area contributed by atoms with E-state index in [1.165, 1.54) is 0 Å². The van der Waals surface area contributed by atoms with Gasteiger partial charge in [0.1, 0.15) is 0 Å². The van der Waals surface area contributed by atoms with Crippen LogP contribution >= 0.6 is 0 Å². The predicted octanol–water partition coefficient (Wildman–Crippen LogP) is 3.88. The molecule has 0 spiro atoms. The van der Waals surface area contributed by atoms with Crippen LogP contribution in [0.5, 0.6) is 0 Å². The van der Waals surface area contributed by atoms with Gasteiger partial charge in [-0.1, -0.05) is 0 Å². The van der Waals surface area contributed by atoms with Gasteiger partial charge in [0.2, 0.25) is 0 Å². The van der Waals surface area contributed by atoms with E-state index in [2.05, 4.69) is 5.63 Å². The summed E-state index contributed by atoms with van der Waals surface area (Å²) in [5.74, 6) is 0. The molecule has 2 nitrogen and oxygen atoms in total. The maximum absolute atomic E-state index is 12.7. The van der Waals surface area contributed by atoms with Crippen LogP contribution in [0.4, 0.5) is 52.7 Å². The first-order valence-corrected chi connectivity index (χ1v) is 11.1. The van der Waals surface area contributed by atoms with Crippen molar-refractivity contribution in [1.82, 2.24) is 0 Å². The number of hydrogen-bond donors (Lipinski definition) is 0. The topological polar surface area (TPSA) is 18.5 Å². The van der Waals surface area contributed by atoms with E-state index in [4.69, 9.17) is 0 Å². The van der Waals surface area contributed by atoms with Crippen molar-refractivity contribution in [3.63, 3.8) is 0 Å². The Morgan fingerprint density at radius 3 is 0.864 bits per heavy atom. The zero-order valence-corrected chi connectivity index (χ0v) is 13.3. The third-order valence-corrected chi connectivity index (χ3v) is 6.75. The van der Waals surface area contributed by atoms with Crippen molar-refractivity contribution in [3.8, 4) is 0 Å². The summed E-state index contributed by atoms with van der Waals surface area (Å²) in [5, 5.41) is 0. The third kappa shape index (κ3) is 2.38. The third-order valence-electron chi connectivity index (χ3n) is 2.62. The molecule has 0 unspecified atom stereocenters. The molecule has 1 aliphatic heterocycles. The summed E-state index contributed by atoms with van der Waals surface area (Å²) in [6, 6.07) is 0. The molecular weight excluding hydrogens is 553 g/mol. The zero-order chi connectivity index (χ0) is 18.0. The van der Waals surface area contributed by atoms with Crippen molar-refractivity contribution >= 4 is 22.6 Å². The molecule has 1 saturated heterocycles. The Labute approximate surface area is 122 Å². The molecule has 1 heterocycles. The van der Waals surface area contributed by atoms with E-state index >= 15 is 0 Å². The molecule has 0 aromatic heterocycles. The van der Waals surface area contributed by atoms with Crippen LogP contribution in [0, 0.1) is 0 Å². The molecular formula is C7H3BiF12O2. The van der Waals surface area contributed by atoms with E-state index in [1.807, 2.05) is 0 Å². The first kappa shape index (κ1) is 20.0. The maximum atomic E-state index is 12.7. The van der Waals surface area contributed by atoms with Crippen LogP contribution < -0.4 is 0 Å². The second-order valence-corrected chi connectivity index (χ2v) is 8.81. The number of hydrogen-bond acceptors (Lipinski definition) is 2. The quantitative estimate of drug-likeness (QED) is 0.334. The van der Waals surface area contributed by atoms with Gasteiger partial charge in [-0.05, 0) is 0 Å². The fraction of sp³-hybridized carbons (Fsp3) is 1.00. The standard InChI is InChI=1S/C6F12O2.CH3.Bi/c7-3(8,9)1(19,4(10,11)12)2(20,5(13,14)15)6(16,17)18;;/h;1H3;/q-2;;+2. The van der Waals surface area contributed by atoms with Crippen LogP contribution in [0.15, 0.2) is 0 Å². The molecule has 15 heteroatoms. The number of halogens is 12. The first-order chi connectivity index (χ1) is 9.35. The van der Waals surface area contributed by atoms with Crippen LogP contribution in [0.25, 0.3) is 0 Å².